The molecule has 3 aromatic carbocycles. The van der Waals surface area contributed by atoms with E-state index in [9.17, 15) is 19.5 Å². The summed E-state index contributed by atoms with van der Waals surface area (Å²) >= 11 is 0. The molecule has 0 aromatic heterocycles. The van der Waals surface area contributed by atoms with E-state index in [1.807, 2.05) is 30.3 Å². The summed E-state index contributed by atoms with van der Waals surface area (Å²) in [5.41, 5.74) is 0.804. The summed E-state index contributed by atoms with van der Waals surface area (Å²) in [4.78, 5) is 55.5. The predicted molar refractivity (Wildman–Crippen MR) is 343 cm³/mol. The summed E-state index contributed by atoms with van der Waals surface area (Å²) in [6, 6.07) is 24.9. The molecule has 6 atom stereocenters. The zero-order valence-electron chi connectivity index (χ0n) is 53.2. The van der Waals surface area contributed by atoms with Crippen LogP contribution in [0.5, 0.6) is 11.5 Å². The molecule has 15 heteroatoms. The molecule has 4 rings (SSSR count). The van der Waals surface area contributed by atoms with E-state index in [0.29, 0.717) is 19.3 Å². The minimum absolute atomic E-state index is 0.0510. The van der Waals surface area contributed by atoms with E-state index < -0.39 is 74.6 Å². The lowest BCUT2D eigenvalue weighted by Crippen LogP contribution is -2.62. The fourth-order valence-electron chi connectivity index (χ4n) is 11.1. The molecular weight excluding hydrogens is 1110 g/mol. The highest BCUT2D eigenvalue weighted by Crippen LogP contribution is 2.52. The number of rotatable bonds is 52. The van der Waals surface area contributed by atoms with Crippen molar-refractivity contribution in [1.82, 2.24) is 5.32 Å². The number of hydrogen-bond acceptors (Lipinski definition) is 13. The van der Waals surface area contributed by atoms with Crippen LogP contribution in [0.3, 0.4) is 0 Å². The normalized spacial score (nSPS) is 16.7. The van der Waals surface area contributed by atoms with Crippen molar-refractivity contribution < 1.29 is 61.4 Å². The van der Waals surface area contributed by atoms with Crippen LogP contribution in [-0.2, 0) is 53.8 Å². The van der Waals surface area contributed by atoms with Gasteiger partial charge in [-0.05, 0) is 49.1 Å². The van der Waals surface area contributed by atoms with E-state index >= 15 is 9.36 Å². The van der Waals surface area contributed by atoms with Gasteiger partial charge in [-0.15, -0.1) is 0 Å². The zero-order valence-corrected chi connectivity index (χ0v) is 54.1. The second-order valence-corrected chi connectivity index (χ2v) is 25.4. The first kappa shape index (κ1) is 73.7. The van der Waals surface area contributed by atoms with Crippen LogP contribution in [0.25, 0.3) is 0 Å². The number of carbonyl (C=O) groups excluding carboxylic acids is 4. The van der Waals surface area contributed by atoms with Crippen molar-refractivity contribution in [1.29, 1.82) is 0 Å². The summed E-state index contributed by atoms with van der Waals surface area (Å²) in [7, 11) is -4.80. The second-order valence-electron chi connectivity index (χ2n) is 23.9. The van der Waals surface area contributed by atoms with Gasteiger partial charge in [0.2, 0.25) is 5.91 Å². The van der Waals surface area contributed by atoms with E-state index in [1.54, 1.807) is 60.7 Å². The number of carbonyl (C=O) groups is 4. The summed E-state index contributed by atoms with van der Waals surface area (Å²) in [6.45, 7) is 6.04. The minimum atomic E-state index is -4.80. The average Bonchev–Trinajstić information content (AvgIpc) is 1.48. The third-order valence-corrected chi connectivity index (χ3v) is 17.6. The number of unbranched alkanes of at least 4 members (excludes halogenated alkanes) is 28. The van der Waals surface area contributed by atoms with Gasteiger partial charge in [-0.3, -0.25) is 23.7 Å². The van der Waals surface area contributed by atoms with Crippen LogP contribution < -0.4 is 14.4 Å². The third-order valence-electron chi connectivity index (χ3n) is 16.2. The molecule has 86 heavy (non-hydrogen) atoms. The van der Waals surface area contributed by atoms with Crippen LogP contribution in [0.1, 0.15) is 264 Å². The highest BCUT2D eigenvalue weighted by molar-refractivity contribution is 7.49. The maximum absolute atomic E-state index is 15.4. The number of benzene rings is 3. The van der Waals surface area contributed by atoms with Gasteiger partial charge in [0.25, 0.3) is 0 Å². The molecule has 14 nitrogen and oxygen atoms in total. The second kappa shape index (κ2) is 47.3. The van der Waals surface area contributed by atoms with E-state index in [4.69, 9.17) is 32.5 Å². The van der Waals surface area contributed by atoms with Gasteiger partial charge in [0.1, 0.15) is 36.9 Å². The van der Waals surface area contributed by atoms with E-state index in [0.717, 1.165) is 82.6 Å². The molecule has 0 spiro atoms. The van der Waals surface area contributed by atoms with Crippen LogP contribution >= 0.6 is 7.82 Å². The number of phosphoric ester groups is 1. The first-order chi connectivity index (χ1) is 42.0. The molecule has 1 saturated heterocycles. The molecule has 1 amide bonds. The summed E-state index contributed by atoms with van der Waals surface area (Å²) in [6.07, 6.45) is 31.7. The van der Waals surface area contributed by atoms with Crippen LogP contribution in [0.4, 0.5) is 0 Å². The third kappa shape index (κ3) is 34.1. The van der Waals surface area contributed by atoms with E-state index in [2.05, 4.69) is 26.1 Å². The Kier molecular flexibility index (Phi) is 40.5. The lowest BCUT2D eigenvalue weighted by atomic mass is 9.93. The molecule has 484 valence electrons. The van der Waals surface area contributed by atoms with Crippen molar-refractivity contribution in [2.45, 2.75) is 295 Å². The maximum Gasteiger partial charge on any atom is 0.588 e. The van der Waals surface area contributed by atoms with Gasteiger partial charge >= 0.3 is 25.7 Å². The number of aliphatic hydroxyl groups excluding tert-OH is 1. The SMILES string of the molecule is CCCCCCCCCCCCCCC(CCCCCCCCCCCC)C(=O)O[C@H]1[C@H](OP(=O)(Oc2ccccc2)Oc2ccccc2)[C@@H](COC(=O)CCC(=O)OCc2ccccc2)OC[C@@H]1NC(=O)C[C@H](O)CCCCCCCCCCC. The maximum atomic E-state index is 15.4. The number of aliphatic hydroxyl groups is 1. The van der Waals surface area contributed by atoms with Crippen molar-refractivity contribution in [3.05, 3.63) is 96.6 Å². The molecule has 0 radical (unpaired) electrons. The molecule has 1 fully saturated rings. The Morgan fingerprint density at radius 2 is 0.919 bits per heavy atom. The molecule has 1 aliphatic heterocycles. The Morgan fingerprint density at radius 3 is 1.36 bits per heavy atom. The molecular formula is C71H112NO13P. The number of phosphoric acid groups is 1. The van der Waals surface area contributed by atoms with Gasteiger partial charge in [-0.25, -0.2) is 4.57 Å². The molecule has 1 heterocycles. The summed E-state index contributed by atoms with van der Waals surface area (Å²) in [5.74, 6) is -2.48. The largest absolute Gasteiger partial charge is 0.588 e. The Labute approximate surface area is 518 Å². The average molecular weight is 1220 g/mol. The molecule has 1 aliphatic rings. The Hall–Kier alpha value is -4.75. The van der Waals surface area contributed by atoms with Crippen LogP contribution in [-0.4, -0.2) is 72.6 Å². The molecule has 3 aromatic rings. The van der Waals surface area contributed by atoms with Gasteiger partial charge in [-0.1, -0.05) is 287 Å². The van der Waals surface area contributed by atoms with Gasteiger partial charge in [0, 0.05) is 0 Å². The Morgan fingerprint density at radius 1 is 0.523 bits per heavy atom. The Balaban J connectivity index is 1.61. The molecule has 0 saturated carbocycles. The van der Waals surface area contributed by atoms with Crippen molar-refractivity contribution in [2.75, 3.05) is 13.2 Å². The lowest BCUT2D eigenvalue weighted by Gasteiger charge is -2.42. The number of para-hydroxylation sites is 2. The number of hydrogen-bond donors (Lipinski definition) is 2. The topological polar surface area (TPSA) is 182 Å². The van der Waals surface area contributed by atoms with Gasteiger partial charge < -0.3 is 38.4 Å². The van der Waals surface area contributed by atoms with Crippen LogP contribution in [0, 0.1) is 5.92 Å². The van der Waals surface area contributed by atoms with Gasteiger partial charge in [-0.2, -0.15) is 0 Å². The quantitative estimate of drug-likeness (QED) is 0.0236. The van der Waals surface area contributed by atoms with Gasteiger partial charge in [0.05, 0.1) is 43.9 Å². The highest BCUT2D eigenvalue weighted by atomic mass is 31.2. The minimum Gasteiger partial charge on any atom is -0.463 e. The zero-order chi connectivity index (χ0) is 61.6. The van der Waals surface area contributed by atoms with Crippen molar-refractivity contribution >= 4 is 31.6 Å². The fourth-order valence-corrected chi connectivity index (χ4v) is 12.5. The van der Waals surface area contributed by atoms with E-state index in [-0.39, 0.29) is 44.0 Å². The molecule has 2 N–H and O–H groups in total. The van der Waals surface area contributed by atoms with Crippen LogP contribution in [0.15, 0.2) is 91.0 Å². The van der Waals surface area contributed by atoms with Crippen LogP contribution in [0.2, 0.25) is 0 Å². The number of nitrogens with one attached hydrogen (secondary N) is 1. The predicted octanol–water partition coefficient (Wildman–Crippen LogP) is 18.2. The summed E-state index contributed by atoms with van der Waals surface area (Å²) in [5, 5.41) is 14.2. The monoisotopic (exact) mass is 1220 g/mol. The highest BCUT2D eigenvalue weighted by Gasteiger charge is 2.51. The molecule has 1 unspecified atom stereocenters. The van der Waals surface area contributed by atoms with Crippen molar-refractivity contribution in [3.63, 3.8) is 0 Å². The first-order valence-corrected chi connectivity index (χ1v) is 35.4. The van der Waals surface area contributed by atoms with Crippen molar-refractivity contribution in [2.24, 2.45) is 5.92 Å². The lowest BCUT2D eigenvalue weighted by molar-refractivity contribution is -0.195. The first-order valence-electron chi connectivity index (χ1n) is 33.9. The standard InChI is InChI=1S/C71H112NO13P/c1-4-7-10-13-16-19-21-22-25-27-30-38-47-60(46-37-29-26-24-20-17-14-11-8-5-2)71(77)82-69-64(72-66(74)55-61(73)48-39-31-28-23-18-15-12-9-6-3)57-79-65(58-81-68(76)54-53-67(75)80-56-59-44-35-32-36-45-59)70(69)85-86(78,83-62-49-40-33-41-50-62)84-63-51-42-34-43-52-63/h32-36,40-45,49-52,60-61,64-65,69-70,73H,4-31,37-39,46-48,53-58H2,1-3H3,(H,72,74)/t60?,61-,64+,65-,69-,70-/m1/s1. The molecule has 0 aliphatic carbocycles. The number of esters is 3. The number of amides is 1. The smallest absolute Gasteiger partial charge is 0.463 e. The van der Waals surface area contributed by atoms with Crippen molar-refractivity contribution in [3.8, 4) is 11.5 Å². The van der Waals surface area contributed by atoms with Gasteiger partial charge in [0.15, 0.2) is 6.10 Å². The number of ether oxygens (including phenoxy) is 4. The summed E-state index contributed by atoms with van der Waals surface area (Å²) < 4.78 is 58.6. The molecule has 0 bridgehead atoms. The fraction of sp³-hybridized carbons (Fsp3) is 0.690. The van der Waals surface area contributed by atoms with E-state index in [1.165, 1.54) is 122 Å². The Bertz CT molecular complexity index is 2190.